The van der Waals surface area contributed by atoms with Crippen LogP contribution in [0.15, 0.2) is 40.9 Å². The van der Waals surface area contributed by atoms with Crippen LogP contribution in [0.25, 0.3) is 0 Å². The van der Waals surface area contributed by atoms with Gasteiger partial charge in [-0.1, -0.05) is 59.6 Å². The van der Waals surface area contributed by atoms with Gasteiger partial charge >= 0.3 is 5.97 Å². The van der Waals surface area contributed by atoms with Crippen molar-refractivity contribution in [2.45, 2.75) is 46.9 Å². The smallest absolute Gasteiger partial charge is 0.320 e. The molecule has 2 aromatic carbocycles. The second-order valence-electron chi connectivity index (χ2n) is 7.04. The van der Waals surface area contributed by atoms with Crippen molar-refractivity contribution >= 4 is 21.9 Å². The fourth-order valence-corrected chi connectivity index (χ4v) is 3.35. The number of aryl methyl sites for hydroxylation is 1. The van der Waals surface area contributed by atoms with Crippen molar-refractivity contribution in [1.82, 2.24) is 5.32 Å². The van der Waals surface area contributed by atoms with Crippen LogP contribution in [0.3, 0.4) is 0 Å². The van der Waals surface area contributed by atoms with Crippen LogP contribution in [-0.4, -0.2) is 23.7 Å². The van der Waals surface area contributed by atoms with Gasteiger partial charge in [0.1, 0.15) is 12.6 Å². The second-order valence-corrected chi connectivity index (χ2v) is 7.90. The average molecular weight is 450 g/mol. The van der Waals surface area contributed by atoms with Gasteiger partial charge < -0.3 is 19.9 Å². The molecule has 152 valence electrons. The highest BCUT2D eigenvalue weighted by Crippen LogP contribution is 2.34. The van der Waals surface area contributed by atoms with Crippen LogP contribution in [-0.2, 0) is 17.9 Å². The van der Waals surface area contributed by atoms with Crippen molar-refractivity contribution in [3.8, 4) is 11.5 Å². The molecule has 0 amide bonds. The number of carboxylic acid groups (broad SMARTS) is 1. The molecule has 5 nitrogen and oxygen atoms in total. The summed E-state index contributed by atoms with van der Waals surface area (Å²) in [5.41, 5.74) is 3.19. The van der Waals surface area contributed by atoms with Gasteiger partial charge in [0.25, 0.3) is 0 Å². The first-order chi connectivity index (χ1) is 13.3. The summed E-state index contributed by atoms with van der Waals surface area (Å²) in [7, 11) is 0. The molecule has 0 bridgehead atoms. The summed E-state index contributed by atoms with van der Waals surface area (Å²) in [6.07, 6.45) is 0. The Bertz CT molecular complexity index is 807. The fraction of sp³-hybridized carbons (Fsp3) is 0.409. The monoisotopic (exact) mass is 449 g/mol. The van der Waals surface area contributed by atoms with Gasteiger partial charge in [-0.25, -0.2) is 0 Å². The van der Waals surface area contributed by atoms with E-state index >= 15 is 0 Å². The molecule has 0 saturated carbocycles. The maximum atomic E-state index is 11.4. The van der Waals surface area contributed by atoms with Crippen LogP contribution in [0.1, 0.15) is 37.5 Å². The van der Waals surface area contributed by atoms with Crippen LogP contribution >= 0.6 is 15.9 Å². The van der Waals surface area contributed by atoms with Crippen molar-refractivity contribution in [3.05, 3.63) is 57.6 Å². The molecule has 0 aliphatic heterocycles. The average Bonchev–Trinajstić information content (AvgIpc) is 2.62. The summed E-state index contributed by atoms with van der Waals surface area (Å²) in [5, 5.41) is 12.5. The van der Waals surface area contributed by atoms with Crippen LogP contribution in [0.5, 0.6) is 11.5 Å². The lowest BCUT2D eigenvalue weighted by Gasteiger charge is -2.20. The van der Waals surface area contributed by atoms with E-state index in [1.165, 1.54) is 5.56 Å². The maximum Gasteiger partial charge on any atom is 0.320 e. The zero-order valence-corrected chi connectivity index (χ0v) is 18.4. The largest absolute Gasteiger partial charge is 0.490 e. The number of aliphatic carboxylic acids is 1. The second kappa shape index (κ2) is 10.5. The summed E-state index contributed by atoms with van der Waals surface area (Å²) in [6, 6.07) is 11.3. The molecule has 2 rings (SSSR count). The molecule has 6 heteroatoms. The number of benzene rings is 2. The number of rotatable bonds is 10. The minimum atomic E-state index is -0.853. The highest BCUT2D eigenvalue weighted by Gasteiger charge is 2.21. The van der Waals surface area contributed by atoms with E-state index in [9.17, 15) is 9.90 Å². The Hall–Kier alpha value is -2.05. The quantitative estimate of drug-likeness (QED) is 0.537. The predicted molar refractivity (Wildman–Crippen MR) is 114 cm³/mol. The zero-order valence-electron chi connectivity index (χ0n) is 16.8. The Morgan fingerprint density at radius 2 is 1.89 bits per heavy atom. The van der Waals surface area contributed by atoms with Gasteiger partial charge in [-0.2, -0.15) is 0 Å². The molecule has 0 aliphatic rings. The van der Waals surface area contributed by atoms with E-state index in [1.54, 1.807) is 0 Å². The highest BCUT2D eigenvalue weighted by atomic mass is 79.9. The van der Waals surface area contributed by atoms with E-state index < -0.39 is 12.0 Å². The summed E-state index contributed by atoms with van der Waals surface area (Å²) in [4.78, 5) is 11.4. The fourth-order valence-electron chi connectivity index (χ4n) is 2.88. The Morgan fingerprint density at radius 1 is 1.18 bits per heavy atom. The van der Waals surface area contributed by atoms with E-state index in [4.69, 9.17) is 9.47 Å². The first-order valence-electron chi connectivity index (χ1n) is 9.41. The number of halogens is 1. The Morgan fingerprint density at radius 3 is 2.50 bits per heavy atom. The molecule has 28 heavy (non-hydrogen) atoms. The third-order valence-corrected chi connectivity index (χ3v) is 5.07. The van der Waals surface area contributed by atoms with Gasteiger partial charge in [0.15, 0.2) is 11.5 Å². The molecule has 0 aliphatic carbocycles. The van der Waals surface area contributed by atoms with E-state index in [-0.39, 0.29) is 5.92 Å². The number of hydrogen-bond acceptors (Lipinski definition) is 4. The van der Waals surface area contributed by atoms with Crippen molar-refractivity contribution in [1.29, 1.82) is 0 Å². The Labute approximate surface area is 175 Å². The van der Waals surface area contributed by atoms with E-state index in [0.717, 1.165) is 15.6 Å². The van der Waals surface area contributed by atoms with E-state index in [2.05, 4.69) is 40.3 Å². The number of carboxylic acids is 1. The molecule has 1 unspecified atom stereocenters. The summed E-state index contributed by atoms with van der Waals surface area (Å²) in [5.74, 6) is 0.429. The molecule has 0 spiro atoms. The van der Waals surface area contributed by atoms with Gasteiger partial charge in [-0.05, 0) is 43.0 Å². The lowest BCUT2D eigenvalue weighted by molar-refractivity contribution is -0.140. The Balaban J connectivity index is 2.16. The third kappa shape index (κ3) is 6.24. The summed E-state index contributed by atoms with van der Waals surface area (Å²) < 4.78 is 12.6. The Kier molecular flexibility index (Phi) is 8.33. The van der Waals surface area contributed by atoms with Gasteiger partial charge in [-0.15, -0.1) is 0 Å². The SMILES string of the molecule is CCOc1cc(CNC(C(=O)O)C(C)C)c(Br)cc1OCc1cccc(C)c1. The topological polar surface area (TPSA) is 67.8 Å². The van der Waals surface area contributed by atoms with Gasteiger partial charge in [0.2, 0.25) is 0 Å². The minimum absolute atomic E-state index is 0.0143. The molecular formula is C22H28BrNO4. The van der Waals surface area contributed by atoms with Gasteiger partial charge in [0, 0.05) is 11.0 Å². The third-order valence-electron chi connectivity index (χ3n) is 4.33. The predicted octanol–water partition coefficient (Wildman–Crippen LogP) is 4.93. The standard InChI is InChI=1S/C22H28BrNO4/c1-5-27-19-10-17(12-24-21(14(2)3)22(25)26)18(23)11-20(19)28-13-16-8-6-7-15(4)9-16/h6-11,14,21,24H,5,12-13H2,1-4H3,(H,25,26). The lowest BCUT2D eigenvalue weighted by Crippen LogP contribution is -2.40. The summed E-state index contributed by atoms with van der Waals surface area (Å²) >= 11 is 3.57. The highest BCUT2D eigenvalue weighted by molar-refractivity contribution is 9.10. The van der Waals surface area contributed by atoms with Crippen molar-refractivity contribution in [2.24, 2.45) is 5.92 Å². The number of hydrogen-bond donors (Lipinski definition) is 2. The molecule has 0 aromatic heterocycles. The van der Waals surface area contributed by atoms with Crippen molar-refractivity contribution in [3.63, 3.8) is 0 Å². The molecule has 1 atom stereocenters. The first kappa shape index (κ1) is 22.2. The maximum absolute atomic E-state index is 11.4. The number of nitrogens with one attached hydrogen (secondary N) is 1. The van der Waals surface area contributed by atoms with E-state index in [0.29, 0.717) is 31.3 Å². The van der Waals surface area contributed by atoms with E-state index in [1.807, 2.05) is 45.0 Å². The van der Waals surface area contributed by atoms with Crippen LogP contribution in [0.2, 0.25) is 0 Å². The van der Waals surface area contributed by atoms with Gasteiger partial charge in [-0.3, -0.25) is 4.79 Å². The first-order valence-corrected chi connectivity index (χ1v) is 10.2. The molecule has 0 saturated heterocycles. The molecular weight excluding hydrogens is 422 g/mol. The van der Waals surface area contributed by atoms with Crippen LogP contribution in [0.4, 0.5) is 0 Å². The molecule has 2 N–H and O–H groups in total. The molecule has 0 radical (unpaired) electrons. The van der Waals surface area contributed by atoms with Crippen LogP contribution < -0.4 is 14.8 Å². The van der Waals surface area contributed by atoms with Gasteiger partial charge in [0.05, 0.1) is 6.61 Å². The summed E-state index contributed by atoms with van der Waals surface area (Å²) in [6.45, 7) is 9.11. The van der Waals surface area contributed by atoms with Crippen molar-refractivity contribution < 1.29 is 19.4 Å². The van der Waals surface area contributed by atoms with Crippen molar-refractivity contribution in [2.75, 3.05) is 6.61 Å². The van der Waals surface area contributed by atoms with Crippen LogP contribution in [0, 0.1) is 12.8 Å². The number of ether oxygens (including phenoxy) is 2. The lowest BCUT2D eigenvalue weighted by atomic mass is 10.0. The number of carbonyl (C=O) groups is 1. The normalized spacial score (nSPS) is 12.1. The molecule has 0 heterocycles. The molecule has 2 aromatic rings. The molecule has 0 fully saturated rings. The minimum Gasteiger partial charge on any atom is -0.490 e. The zero-order chi connectivity index (χ0) is 20.7.